The van der Waals surface area contributed by atoms with E-state index in [0.29, 0.717) is 23.7 Å². The molecule has 2 nitrogen and oxygen atoms in total. The molecule has 1 aliphatic carbocycles. The van der Waals surface area contributed by atoms with Crippen LogP contribution in [0.3, 0.4) is 0 Å². The Balaban J connectivity index is 1.14. The molecule has 328 valence electrons. The minimum absolute atomic E-state index is 0.337. The first kappa shape index (κ1) is 48.5. The smallest absolute Gasteiger partial charge is 0.119 e. The van der Waals surface area contributed by atoms with Gasteiger partial charge in [-0.15, -0.1) is 0 Å². The quantitative estimate of drug-likeness (QED) is 0.0454. The fourth-order valence-corrected chi connectivity index (χ4v) is 10.1. The third kappa shape index (κ3) is 16.6. The zero-order chi connectivity index (χ0) is 42.0. The monoisotopic (exact) mass is 940 g/mol. The number of rotatable bonds is 32. The van der Waals surface area contributed by atoms with E-state index in [4.69, 9.17) is 9.47 Å². The summed E-state index contributed by atoms with van der Waals surface area (Å²) in [6, 6.07) is 36.3. The van der Waals surface area contributed by atoms with Crippen LogP contribution in [0.5, 0.6) is 11.5 Å². The Kier molecular flexibility index (Phi) is 23.4. The number of halogens is 2. The van der Waals surface area contributed by atoms with E-state index in [1.807, 2.05) is 0 Å². The largest absolute Gasteiger partial charge is 0.494 e. The Morgan fingerprint density at radius 1 is 0.300 bits per heavy atom. The van der Waals surface area contributed by atoms with Gasteiger partial charge in [-0.05, 0) is 107 Å². The van der Waals surface area contributed by atoms with E-state index in [2.05, 4.69) is 143 Å². The van der Waals surface area contributed by atoms with Crippen molar-refractivity contribution in [3.8, 4) is 11.5 Å². The topological polar surface area (TPSA) is 18.5 Å². The third-order valence-electron chi connectivity index (χ3n) is 13.1. The number of benzene rings is 4. The molecule has 4 heteroatoms. The highest BCUT2D eigenvalue weighted by molar-refractivity contribution is 9.10. The van der Waals surface area contributed by atoms with Crippen molar-refractivity contribution in [3.63, 3.8) is 0 Å². The van der Waals surface area contributed by atoms with E-state index in [0.717, 1.165) is 46.5 Å². The molecule has 0 amide bonds. The van der Waals surface area contributed by atoms with Crippen LogP contribution in [0.1, 0.15) is 214 Å². The van der Waals surface area contributed by atoms with Crippen LogP contribution in [0.4, 0.5) is 0 Å². The van der Waals surface area contributed by atoms with Crippen LogP contribution in [0.15, 0.2) is 106 Å². The summed E-state index contributed by atoms with van der Waals surface area (Å²) in [6.45, 7) is 6.18. The highest BCUT2D eigenvalue weighted by Gasteiger charge is 2.52. The fourth-order valence-electron chi connectivity index (χ4n) is 9.62. The first-order chi connectivity index (χ1) is 29.6. The molecule has 0 bridgehead atoms. The lowest BCUT2D eigenvalue weighted by Crippen LogP contribution is -2.40. The van der Waals surface area contributed by atoms with Gasteiger partial charge in [-0.25, -0.2) is 0 Å². The number of hydrogen-bond acceptors (Lipinski definition) is 2. The van der Waals surface area contributed by atoms with Crippen molar-refractivity contribution in [3.05, 3.63) is 128 Å². The minimum atomic E-state index is 0.337. The fraction of sp³-hybridized carbons (Fsp3) is 0.571. The Morgan fingerprint density at radius 3 is 0.767 bits per heavy atom. The van der Waals surface area contributed by atoms with Crippen molar-refractivity contribution in [1.82, 2.24) is 0 Å². The van der Waals surface area contributed by atoms with Gasteiger partial charge < -0.3 is 9.47 Å². The van der Waals surface area contributed by atoms with E-state index in [1.165, 1.54) is 164 Å². The predicted molar refractivity (Wildman–Crippen MR) is 265 cm³/mol. The summed E-state index contributed by atoms with van der Waals surface area (Å²) in [4.78, 5) is 0. The van der Waals surface area contributed by atoms with Crippen LogP contribution in [0.2, 0.25) is 0 Å². The second-order valence-electron chi connectivity index (χ2n) is 17.8. The lowest BCUT2D eigenvalue weighted by atomic mass is 9.49. The maximum absolute atomic E-state index is 6.29. The zero-order valence-electron chi connectivity index (χ0n) is 37.5. The third-order valence-corrected chi connectivity index (χ3v) is 14.2. The first-order valence-electron chi connectivity index (χ1n) is 24.6. The van der Waals surface area contributed by atoms with E-state index < -0.39 is 0 Å². The molecule has 60 heavy (non-hydrogen) atoms. The maximum Gasteiger partial charge on any atom is 0.119 e. The number of hydrogen-bond donors (Lipinski definition) is 0. The van der Waals surface area contributed by atoms with Crippen LogP contribution in [0.25, 0.3) is 0 Å². The van der Waals surface area contributed by atoms with E-state index in [1.54, 1.807) is 0 Å². The van der Waals surface area contributed by atoms with Crippen LogP contribution in [-0.2, 0) is 0 Å². The van der Waals surface area contributed by atoms with Crippen molar-refractivity contribution in [1.29, 1.82) is 0 Å². The van der Waals surface area contributed by atoms with Gasteiger partial charge in [0, 0.05) is 8.95 Å². The second-order valence-corrected chi connectivity index (χ2v) is 19.7. The second kappa shape index (κ2) is 28.9. The van der Waals surface area contributed by atoms with Gasteiger partial charge in [-0.3, -0.25) is 0 Å². The summed E-state index contributed by atoms with van der Waals surface area (Å²) in [5, 5.41) is 0. The van der Waals surface area contributed by atoms with Crippen molar-refractivity contribution < 1.29 is 9.47 Å². The summed E-state index contributed by atoms with van der Waals surface area (Å²) in [5.41, 5.74) is 5.54. The van der Waals surface area contributed by atoms with Crippen LogP contribution >= 0.6 is 31.9 Å². The van der Waals surface area contributed by atoms with E-state index >= 15 is 0 Å². The molecule has 0 N–H and O–H groups in total. The van der Waals surface area contributed by atoms with E-state index in [-0.39, 0.29) is 0 Å². The lowest BCUT2D eigenvalue weighted by molar-refractivity contribution is 0.228. The Hall–Kier alpha value is -2.56. The van der Waals surface area contributed by atoms with Crippen molar-refractivity contribution >= 4 is 31.9 Å². The highest BCUT2D eigenvalue weighted by atomic mass is 79.9. The molecule has 0 spiro atoms. The molecule has 0 atom stereocenters. The summed E-state index contributed by atoms with van der Waals surface area (Å²) < 4.78 is 14.8. The first-order valence-corrected chi connectivity index (χ1v) is 26.1. The standard InChI is InChI=1S/C56H78Br2O2/c1-3-5-7-9-11-13-15-17-19-21-23-25-43-59-51-39-31-47(32-40-51)55-53(45-27-35-49(57)36-28-45)56(54(55)46-29-37-50(58)38-30-46)48-33-41-52(42-34-48)60-44-26-24-22-20-18-16-14-12-10-8-6-4-2/h27-42,53-56H,3-26,43-44H2,1-2H3. The molecule has 0 aromatic heterocycles. The van der Waals surface area contributed by atoms with Crippen molar-refractivity contribution in [2.24, 2.45) is 0 Å². The molecule has 0 heterocycles. The summed E-state index contributed by atoms with van der Waals surface area (Å²) in [5.74, 6) is 3.32. The number of unbranched alkanes of at least 4 members (excludes halogenated alkanes) is 22. The molecule has 1 aliphatic rings. The molecule has 0 saturated heterocycles. The molecule has 5 rings (SSSR count). The minimum Gasteiger partial charge on any atom is -0.494 e. The normalized spacial score (nSPS) is 17.4. The van der Waals surface area contributed by atoms with Gasteiger partial charge in [0.25, 0.3) is 0 Å². The van der Waals surface area contributed by atoms with E-state index in [9.17, 15) is 0 Å². The van der Waals surface area contributed by atoms with Gasteiger partial charge >= 0.3 is 0 Å². The Labute approximate surface area is 383 Å². The van der Waals surface area contributed by atoms with Crippen molar-refractivity contribution in [2.75, 3.05) is 13.2 Å². The SMILES string of the molecule is CCCCCCCCCCCCCCOc1ccc(C2C(c3ccc(Br)cc3)C(c3ccc(OCCCCCCCCCCCCCC)cc3)C2c2ccc(Br)cc2)cc1. The molecule has 4 aromatic carbocycles. The van der Waals surface area contributed by atoms with Gasteiger partial charge in [0.2, 0.25) is 0 Å². The van der Waals surface area contributed by atoms with Gasteiger partial charge in [-0.2, -0.15) is 0 Å². The summed E-state index contributed by atoms with van der Waals surface area (Å²) >= 11 is 7.41. The van der Waals surface area contributed by atoms with Gasteiger partial charge in [0.15, 0.2) is 0 Å². The summed E-state index contributed by atoms with van der Waals surface area (Å²) in [7, 11) is 0. The Bertz CT molecular complexity index is 1530. The lowest BCUT2D eigenvalue weighted by Gasteiger charge is -2.54. The number of ether oxygens (including phenoxy) is 2. The zero-order valence-corrected chi connectivity index (χ0v) is 40.7. The highest BCUT2D eigenvalue weighted by Crippen LogP contribution is 2.66. The molecular formula is C56H78Br2O2. The predicted octanol–water partition coefficient (Wildman–Crippen LogP) is 18.8. The molecule has 1 saturated carbocycles. The molecule has 4 aromatic rings. The van der Waals surface area contributed by atoms with Crippen molar-refractivity contribution in [2.45, 2.75) is 192 Å². The van der Waals surface area contributed by atoms with Crippen LogP contribution in [-0.4, -0.2) is 13.2 Å². The van der Waals surface area contributed by atoms with Crippen LogP contribution < -0.4 is 9.47 Å². The summed E-state index contributed by atoms with van der Waals surface area (Å²) in [6.07, 6.45) is 32.6. The molecule has 0 radical (unpaired) electrons. The van der Waals surface area contributed by atoms with Gasteiger partial charge in [0.05, 0.1) is 13.2 Å². The Morgan fingerprint density at radius 2 is 0.517 bits per heavy atom. The average Bonchev–Trinajstić information content (AvgIpc) is 3.26. The molecule has 0 aliphatic heterocycles. The average molecular weight is 943 g/mol. The maximum atomic E-state index is 6.29. The molecule has 0 unspecified atom stereocenters. The molecule has 1 fully saturated rings. The van der Waals surface area contributed by atoms with Gasteiger partial charge in [0.1, 0.15) is 11.5 Å². The van der Waals surface area contributed by atoms with Crippen LogP contribution in [0, 0.1) is 0 Å². The molecular weight excluding hydrogens is 864 g/mol. The van der Waals surface area contributed by atoms with Gasteiger partial charge in [-0.1, -0.05) is 235 Å².